The van der Waals surface area contributed by atoms with Crippen LogP contribution in [0.3, 0.4) is 0 Å². The van der Waals surface area contributed by atoms with Crippen molar-refractivity contribution in [1.29, 1.82) is 0 Å². The largest absolute Gasteiger partial charge is 0.496 e. The predicted octanol–water partition coefficient (Wildman–Crippen LogP) is 3.39. The summed E-state index contributed by atoms with van der Waals surface area (Å²) in [6, 6.07) is 4.36. The molecule has 0 N–H and O–H groups in total. The summed E-state index contributed by atoms with van der Waals surface area (Å²) in [5, 5.41) is 0. The van der Waals surface area contributed by atoms with E-state index in [-0.39, 0.29) is 0 Å². The van der Waals surface area contributed by atoms with Gasteiger partial charge in [0.15, 0.2) is 0 Å². The first kappa shape index (κ1) is 18.0. The lowest BCUT2D eigenvalue weighted by molar-refractivity contribution is 0.310. The summed E-state index contributed by atoms with van der Waals surface area (Å²) in [7, 11) is -1.59. The fourth-order valence-corrected chi connectivity index (χ4v) is 2.92. The highest BCUT2D eigenvalue weighted by Crippen LogP contribution is 2.25. The predicted molar refractivity (Wildman–Crippen MR) is 85.4 cm³/mol. The standard InChI is InChI=1S/C16H26O4S/c1-13-11-15(12-14(2)16(13)19-3)9-7-5-6-8-10-20-21(4,17)18/h11-12H,5-10H2,1-4H3. The van der Waals surface area contributed by atoms with Crippen molar-refractivity contribution in [2.24, 2.45) is 0 Å². The van der Waals surface area contributed by atoms with E-state index in [1.54, 1.807) is 7.11 Å². The molecule has 0 fully saturated rings. The van der Waals surface area contributed by atoms with E-state index in [2.05, 4.69) is 26.0 Å². The van der Waals surface area contributed by atoms with E-state index in [9.17, 15) is 8.42 Å². The van der Waals surface area contributed by atoms with Gasteiger partial charge in [-0.3, -0.25) is 4.18 Å². The Hall–Kier alpha value is -1.07. The molecule has 0 aliphatic heterocycles. The van der Waals surface area contributed by atoms with Gasteiger partial charge in [-0.05, 0) is 49.8 Å². The van der Waals surface area contributed by atoms with Crippen LogP contribution in [0.25, 0.3) is 0 Å². The lowest BCUT2D eigenvalue weighted by atomic mass is 10.0. The highest BCUT2D eigenvalue weighted by atomic mass is 32.2. The fraction of sp³-hybridized carbons (Fsp3) is 0.625. The van der Waals surface area contributed by atoms with Crippen LogP contribution in [0.5, 0.6) is 5.75 Å². The summed E-state index contributed by atoms with van der Waals surface area (Å²) in [5.74, 6) is 0.969. The van der Waals surface area contributed by atoms with Crippen LogP contribution in [0.15, 0.2) is 12.1 Å². The molecule has 21 heavy (non-hydrogen) atoms. The first-order valence-corrected chi connectivity index (χ1v) is 9.13. The maximum atomic E-state index is 10.8. The van der Waals surface area contributed by atoms with Crippen molar-refractivity contribution in [2.45, 2.75) is 46.0 Å². The van der Waals surface area contributed by atoms with E-state index in [0.717, 1.165) is 44.1 Å². The van der Waals surface area contributed by atoms with Crippen LogP contribution >= 0.6 is 0 Å². The average molecular weight is 314 g/mol. The van der Waals surface area contributed by atoms with Crippen molar-refractivity contribution in [3.8, 4) is 5.75 Å². The topological polar surface area (TPSA) is 52.6 Å². The average Bonchev–Trinajstić information content (AvgIpc) is 2.36. The number of hydrogen-bond acceptors (Lipinski definition) is 4. The number of hydrogen-bond donors (Lipinski definition) is 0. The Morgan fingerprint density at radius 1 is 1.00 bits per heavy atom. The monoisotopic (exact) mass is 314 g/mol. The molecule has 0 heterocycles. The van der Waals surface area contributed by atoms with Crippen molar-refractivity contribution in [2.75, 3.05) is 20.0 Å². The zero-order valence-corrected chi connectivity index (χ0v) is 14.3. The Bertz CT molecular complexity index is 526. The van der Waals surface area contributed by atoms with E-state index in [1.807, 2.05) is 0 Å². The SMILES string of the molecule is COc1c(C)cc(CCCCCCOS(C)(=O)=O)cc1C. The number of methoxy groups -OCH3 is 1. The molecule has 1 aromatic rings. The van der Waals surface area contributed by atoms with E-state index in [4.69, 9.17) is 8.92 Å². The van der Waals surface area contributed by atoms with Crippen molar-refractivity contribution in [3.05, 3.63) is 28.8 Å². The summed E-state index contributed by atoms with van der Waals surface area (Å²) in [4.78, 5) is 0. The van der Waals surface area contributed by atoms with Gasteiger partial charge in [-0.1, -0.05) is 25.0 Å². The third-order valence-corrected chi connectivity index (χ3v) is 3.98. The molecule has 0 saturated carbocycles. The van der Waals surface area contributed by atoms with E-state index < -0.39 is 10.1 Å². The van der Waals surface area contributed by atoms with Crippen LogP contribution < -0.4 is 4.74 Å². The van der Waals surface area contributed by atoms with Crippen LogP contribution in [0.4, 0.5) is 0 Å². The molecule has 120 valence electrons. The second-order valence-corrected chi connectivity index (χ2v) is 7.10. The van der Waals surface area contributed by atoms with Gasteiger partial charge in [0.1, 0.15) is 5.75 Å². The minimum atomic E-state index is -3.29. The summed E-state index contributed by atoms with van der Waals surface area (Å²) in [5.41, 5.74) is 3.68. The van der Waals surface area contributed by atoms with Gasteiger partial charge in [0.05, 0.1) is 20.0 Å². The Kier molecular flexibility index (Phi) is 7.18. The quantitative estimate of drug-likeness (QED) is 0.518. The highest BCUT2D eigenvalue weighted by Gasteiger charge is 2.05. The van der Waals surface area contributed by atoms with Gasteiger partial charge in [-0.2, -0.15) is 8.42 Å². The molecule has 5 heteroatoms. The minimum absolute atomic E-state index is 0.291. The summed E-state index contributed by atoms with van der Waals surface area (Å²) in [6.07, 6.45) is 6.08. The van der Waals surface area contributed by atoms with Gasteiger partial charge in [-0.25, -0.2) is 0 Å². The van der Waals surface area contributed by atoms with Gasteiger partial charge in [0.25, 0.3) is 10.1 Å². The maximum Gasteiger partial charge on any atom is 0.264 e. The van der Waals surface area contributed by atoms with Crippen LogP contribution in [0, 0.1) is 13.8 Å². The highest BCUT2D eigenvalue weighted by molar-refractivity contribution is 7.85. The molecular weight excluding hydrogens is 288 g/mol. The first-order valence-electron chi connectivity index (χ1n) is 7.32. The summed E-state index contributed by atoms with van der Waals surface area (Å²) in [6.45, 7) is 4.43. The van der Waals surface area contributed by atoms with E-state index >= 15 is 0 Å². The van der Waals surface area contributed by atoms with Gasteiger partial charge < -0.3 is 4.74 Å². The summed E-state index contributed by atoms with van der Waals surface area (Å²) >= 11 is 0. The number of benzene rings is 1. The molecule has 0 spiro atoms. The number of unbranched alkanes of at least 4 members (excludes halogenated alkanes) is 3. The zero-order chi connectivity index (χ0) is 15.9. The second kappa shape index (κ2) is 8.39. The lowest BCUT2D eigenvalue weighted by Crippen LogP contribution is -2.03. The zero-order valence-electron chi connectivity index (χ0n) is 13.4. The Labute approximate surface area is 128 Å². The third-order valence-electron chi connectivity index (χ3n) is 3.38. The second-order valence-electron chi connectivity index (χ2n) is 5.45. The number of rotatable bonds is 9. The molecule has 0 aromatic heterocycles. The lowest BCUT2D eigenvalue weighted by Gasteiger charge is -2.11. The molecule has 1 rings (SSSR count). The van der Waals surface area contributed by atoms with Gasteiger partial charge in [0, 0.05) is 0 Å². The number of aryl methyl sites for hydroxylation is 3. The normalized spacial score (nSPS) is 11.6. The van der Waals surface area contributed by atoms with E-state index in [1.165, 1.54) is 16.7 Å². The van der Waals surface area contributed by atoms with Crippen molar-refractivity contribution < 1.29 is 17.3 Å². The maximum absolute atomic E-state index is 10.8. The molecule has 0 amide bonds. The minimum Gasteiger partial charge on any atom is -0.496 e. The first-order chi connectivity index (χ1) is 9.83. The Morgan fingerprint density at radius 3 is 2.10 bits per heavy atom. The fourth-order valence-electron chi connectivity index (χ4n) is 2.50. The van der Waals surface area contributed by atoms with Crippen molar-refractivity contribution >= 4 is 10.1 Å². The molecule has 0 atom stereocenters. The molecule has 0 aliphatic carbocycles. The van der Waals surface area contributed by atoms with Crippen LogP contribution in [-0.2, 0) is 20.7 Å². The van der Waals surface area contributed by atoms with Crippen molar-refractivity contribution in [1.82, 2.24) is 0 Å². The molecule has 1 aromatic carbocycles. The van der Waals surface area contributed by atoms with Crippen LogP contribution in [-0.4, -0.2) is 28.4 Å². The molecule has 0 unspecified atom stereocenters. The Morgan fingerprint density at radius 2 is 1.57 bits per heavy atom. The van der Waals surface area contributed by atoms with Crippen LogP contribution in [0.1, 0.15) is 42.4 Å². The summed E-state index contributed by atoms with van der Waals surface area (Å²) < 4.78 is 31.7. The molecule has 0 radical (unpaired) electrons. The van der Waals surface area contributed by atoms with Gasteiger partial charge in [0.2, 0.25) is 0 Å². The molecule has 4 nitrogen and oxygen atoms in total. The molecule has 0 saturated heterocycles. The van der Waals surface area contributed by atoms with Gasteiger partial charge >= 0.3 is 0 Å². The van der Waals surface area contributed by atoms with Crippen molar-refractivity contribution in [3.63, 3.8) is 0 Å². The Balaban J connectivity index is 2.27. The molecule has 0 aliphatic rings. The van der Waals surface area contributed by atoms with Crippen LogP contribution in [0.2, 0.25) is 0 Å². The third kappa shape index (κ3) is 6.96. The smallest absolute Gasteiger partial charge is 0.264 e. The van der Waals surface area contributed by atoms with E-state index in [0.29, 0.717) is 6.61 Å². The molecular formula is C16H26O4S. The number of ether oxygens (including phenoxy) is 1. The van der Waals surface area contributed by atoms with Gasteiger partial charge in [-0.15, -0.1) is 0 Å². The molecule has 0 bridgehead atoms.